The SMILES string of the molecule is CN(Cc1ccc(F)cn1)C(=O)OC(C)(C)C. The van der Waals surface area contributed by atoms with Crippen LogP contribution in [0.15, 0.2) is 18.3 Å². The van der Waals surface area contributed by atoms with E-state index in [0.717, 1.165) is 6.20 Å². The van der Waals surface area contributed by atoms with Crippen molar-refractivity contribution in [2.45, 2.75) is 32.9 Å². The van der Waals surface area contributed by atoms with Gasteiger partial charge in [0.25, 0.3) is 0 Å². The van der Waals surface area contributed by atoms with E-state index < -0.39 is 17.5 Å². The molecule has 0 bridgehead atoms. The number of amides is 1. The van der Waals surface area contributed by atoms with E-state index in [1.807, 2.05) is 0 Å². The van der Waals surface area contributed by atoms with E-state index >= 15 is 0 Å². The lowest BCUT2D eigenvalue weighted by atomic mass is 10.2. The summed E-state index contributed by atoms with van der Waals surface area (Å²) in [6, 6.07) is 2.85. The summed E-state index contributed by atoms with van der Waals surface area (Å²) >= 11 is 0. The molecule has 0 aromatic carbocycles. The van der Waals surface area contributed by atoms with Gasteiger partial charge in [0.05, 0.1) is 18.4 Å². The summed E-state index contributed by atoms with van der Waals surface area (Å²) in [5, 5.41) is 0. The summed E-state index contributed by atoms with van der Waals surface area (Å²) in [7, 11) is 1.61. The molecule has 1 heterocycles. The number of aromatic nitrogens is 1. The molecular formula is C12H17FN2O2. The molecule has 0 N–H and O–H groups in total. The maximum absolute atomic E-state index is 12.6. The van der Waals surface area contributed by atoms with Crippen molar-refractivity contribution in [3.63, 3.8) is 0 Å². The molecule has 0 spiro atoms. The fourth-order valence-electron chi connectivity index (χ4n) is 1.15. The fraction of sp³-hybridized carbons (Fsp3) is 0.500. The molecule has 0 aliphatic heterocycles. The summed E-state index contributed by atoms with van der Waals surface area (Å²) in [5.41, 5.74) is 0.0847. The minimum absolute atomic E-state index is 0.287. The van der Waals surface area contributed by atoms with Gasteiger partial charge in [-0.15, -0.1) is 0 Å². The highest BCUT2D eigenvalue weighted by Gasteiger charge is 2.19. The van der Waals surface area contributed by atoms with Crippen molar-refractivity contribution in [3.05, 3.63) is 29.8 Å². The molecular weight excluding hydrogens is 223 g/mol. The molecule has 0 atom stereocenters. The highest BCUT2D eigenvalue weighted by molar-refractivity contribution is 5.67. The molecule has 1 rings (SSSR count). The first-order valence-corrected chi connectivity index (χ1v) is 5.32. The predicted molar refractivity (Wildman–Crippen MR) is 61.9 cm³/mol. The van der Waals surface area contributed by atoms with Crippen LogP contribution in [-0.4, -0.2) is 28.6 Å². The summed E-state index contributed by atoms with van der Waals surface area (Å²) < 4.78 is 17.8. The van der Waals surface area contributed by atoms with Crippen LogP contribution < -0.4 is 0 Å². The first-order valence-electron chi connectivity index (χ1n) is 5.32. The molecule has 0 aliphatic carbocycles. The van der Waals surface area contributed by atoms with Crippen molar-refractivity contribution in [1.29, 1.82) is 0 Å². The van der Waals surface area contributed by atoms with Gasteiger partial charge in [-0.2, -0.15) is 0 Å². The molecule has 0 aliphatic rings. The second-order valence-electron chi connectivity index (χ2n) is 4.80. The molecule has 0 unspecified atom stereocenters. The second-order valence-corrected chi connectivity index (χ2v) is 4.80. The zero-order chi connectivity index (χ0) is 13.1. The highest BCUT2D eigenvalue weighted by Crippen LogP contribution is 2.10. The van der Waals surface area contributed by atoms with E-state index in [2.05, 4.69) is 4.98 Å². The number of pyridine rings is 1. The zero-order valence-corrected chi connectivity index (χ0v) is 10.5. The molecule has 1 aromatic heterocycles. The van der Waals surface area contributed by atoms with Crippen LogP contribution in [-0.2, 0) is 11.3 Å². The number of ether oxygens (including phenoxy) is 1. The largest absolute Gasteiger partial charge is 0.444 e. The van der Waals surface area contributed by atoms with E-state index in [1.54, 1.807) is 27.8 Å². The Labute approximate surface area is 100 Å². The first-order chi connectivity index (χ1) is 7.78. The number of nitrogens with zero attached hydrogens (tertiary/aromatic N) is 2. The Hall–Kier alpha value is -1.65. The quantitative estimate of drug-likeness (QED) is 0.798. The third-order valence-corrected chi connectivity index (χ3v) is 1.89. The van der Waals surface area contributed by atoms with Crippen molar-refractivity contribution < 1.29 is 13.9 Å². The molecule has 0 radical (unpaired) electrons. The van der Waals surface area contributed by atoms with Crippen molar-refractivity contribution in [2.24, 2.45) is 0 Å². The van der Waals surface area contributed by atoms with Crippen LogP contribution in [0.2, 0.25) is 0 Å². The lowest BCUT2D eigenvalue weighted by molar-refractivity contribution is 0.0283. The van der Waals surface area contributed by atoms with Crippen molar-refractivity contribution >= 4 is 6.09 Å². The van der Waals surface area contributed by atoms with E-state index in [9.17, 15) is 9.18 Å². The van der Waals surface area contributed by atoms with Gasteiger partial charge in [0.2, 0.25) is 0 Å². The van der Waals surface area contributed by atoms with Crippen LogP contribution in [0.1, 0.15) is 26.5 Å². The second kappa shape index (κ2) is 5.12. The first kappa shape index (κ1) is 13.4. The van der Waals surface area contributed by atoms with Gasteiger partial charge in [-0.1, -0.05) is 0 Å². The topological polar surface area (TPSA) is 42.4 Å². The highest BCUT2D eigenvalue weighted by atomic mass is 19.1. The van der Waals surface area contributed by atoms with E-state index in [1.165, 1.54) is 17.0 Å². The molecule has 94 valence electrons. The molecule has 4 nitrogen and oxygen atoms in total. The Bertz CT molecular complexity index is 384. The molecule has 0 saturated heterocycles. The number of hydrogen-bond acceptors (Lipinski definition) is 3. The van der Waals surface area contributed by atoms with Gasteiger partial charge in [-0.25, -0.2) is 9.18 Å². The van der Waals surface area contributed by atoms with Gasteiger partial charge in [-0.05, 0) is 32.9 Å². The van der Waals surface area contributed by atoms with Crippen LogP contribution in [0.4, 0.5) is 9.18 Å². The smallest absolute Gasteiger partial charge is 0.410 e. The van der Waals surface area contributed by atoms with Gasteiger partial charge < -0.3 is 9.64 Å². The molecule has 1 aromatic rings. The fourth-order valence-corrected chi connectivity index (χ4v) is 1.15. The third kappa shape index (κ3) is 4.80. The van der Waals surface area contributed by atoms with Crippen molar-refractivity contribution in [2.75, 3.05) is 7.05 Å². The molecule has 0 fully saturated rings. The Morgan fingerprint density at radius 2 is 2.12 bits per heavy atom. The van der Waals surface area contributed by atoms with Crippen LogP contribution >= 0.6 is 0 Å². The van der Waals surface area contributed by atoms with E-state index in [4.69, 9.17) is 4.74 Å². The minimum Gasteiger partial charge on any atom is -0.444 e. The van der Waals surface area contributed by atoms with Crippen LogP contribution in [0.3, 0.4) is 0 Å². The van der Waals surface area contributed by atoms with Crippen LogP contribution in [0, 0.1) is 5.82 Å². The van der Waals surface area contributed by atoms with Gasteiger partial charge >= 0.3 is 6.09 Å². The Kier molecular flexibility index (Phi) is 4.04. The Morgan fingerprint density at radius 1 is 1.47 bits per heavy atom. The number of carbonyl (C=O) groups is 1. The number of carbonyl (C=O) groups excluding carboxylic acids is 1. The lowest BCUT2D eigenvalue weighted by Gasteiger charge is -2.24. The molecule has 5 heteroatoms. The predicted octanol–water partition coefficient (Wildman–Crippen LogP) is 2.59. The van der Waals surface area contributed by atoms with Crippen LogP contribution in [0.5, 0.6) is 0 Å². The maximum Gasteiger partial charge on any atom is 0.410 e. The van der Waals surface area contributed by atoms with Crippen molar-refractivity contribution in [1.82, 2.24) is 9.88 Å². The van der Waals surface area contributed by atoms with E-state index in [0.29, 0.717) is 5.69 Å². The summed E-state index contributed by atoms with van der Waals surface area (Å²) in [6.45, 7) is 5.69. The van der Waals surface area contributed by atoms with Gasteiger partial charge in [0.15, 0.2) is 0 Å². The van der Waals surface area contributed by atoms with Gasteiger partial charge in [0.1, 0.15) is 11.4 Å². The number of halogens is 1. The van der Waals surface area contributed by atoms with Gasteiger partial charge in [0, 0.05) is 7.05 Å². The van der Waals surface area contributed by atoms with E-state index in [-0.39, 0.29) is 6.54 Å². The number of rotatable bonds is 2. The maximum atomic E-state index is 12.6. The summed E-state index contributed by atoms with van der Waals surface area (Å²) in [5.74, 6) is -0.395. The lowest BCUT2D eigenvalue weighted by Crippen LogP contribution is -2.34. The standard InChI is InChI=1S/C12H17FN2O2/c1-12(2,3)17-11(16)15(4)8-10-6-5-9(13)7-14-10/h5-7H,8H2,1-4H3. The Balaban J connectivity index is 2.57. The Morgan fingerprint density at radius 3 is 2.59 bits per heavy atom. The van der Waals surface area contributed by atoms with Crippen LogP contribution in [0.25, 0.3) is 0 Å². The average molecular weight is 240 g/mol. The van der Waals surface area contributed by atoms with Crippen molar-refractivity contribution in [3.8, 4) is 0 Å². The monoisotopic (exact) mass is 240 g/mol. The zero-order valence-electron chi connectivity index (χ0n) is 10.5. The summed E-state index contributed by atoms with van der Waals surface area (Å²) in [6.07, 6.45) is 0.696. The third-order valence-electron chi connectivity index (χ3n) is 1.89. The molecule has 1 amide bonds. The summed E-state index contributed by atoms with van der Waals surface area (Å²) in [4.78, 5) is 16.9. The number of hydrogen-bond donors (Lipinski definition) is 0. The van der Waals surface area contributed by atoms with Gasteiger partial charge in [-0.3, -0.25) is 4.98 Å². The molecule has 17 heavy (non-hydrogen) atoms. The normalized spacial score (nSPS) is 11.1. The average Bonchev–Trinajstić information content (AvgIpc) is 2.19. The molecule has 0 saturated carbocycles. The minimum atomic E-state index is -0.526.